The highest BCUT2D eigenvalue weighted by Crippen LogP contribution is 2.39. The number of alkyl carbamates (subject to hydrolysis) is 1. The van der Waals surface area contributed by atoms with Crippen LogP contribution in [0, 0.1) is 5.82 Å². The molecule has 4 heterocycles. The van der Waals surface area contributed by atoms with Gasteiger partial charge in [0.25, 0.3) is 0 Å². The summed E-state index contributed by atoms with van der Waals surface area (Å²) in [4.78, 5) is 58.4. The maximum Gasteiger partial charge on any atom is 0.407 e. The number of nitrogens with zero attached hydrogens (tertiary/aromatic N) is 4. The number of carbonyl (C=O) groups is 3. The van der Waals surface area contributed by atoms with Crippen LogP contribution in [0.3, 0.4) is 0 Å². The Morgan fingerprint density at radius 3 is 2.44 bits per heavy atom. The van der Waals surface area contributed by atoms with Crippen LogP contribution in [0.25, 0.3) is 22.4 Å². The Labute approximate surface area is 315 Å². The molecule has 2 aromatic heterocycles. The average Bonchev–Trinajstić information content (AvgIpc) is 4.01. The molecule has 13 nitrogen and oxygen atoms in total. The second-order valence-corrected chi connectivity index (χ2v) is 14.2. The van der Waals surface area contributed by atoms with Gasteiger partial charge in [-0.25, -0.2) is 19.2 Å². The average molecular weight is 743 g/mol. The van der Waals surface area contributed by atoms with Gasteiger partial charge in [-0.1, -0.05) is 31.7 Å². The number of methoxy groups -OCH3 is 2. The summed E-state index contributed by atoms with van der Waals surface area (Å²) in [5, 5.41) is 2.59. The summed E-state index contributed by atoms with van der Waals surface area (Å²) in [6.07, 6.45) is 9.45. The van der Waals surface area contributed by atoms with Gasteiger partial charge >= 0.3 is 6.09 Å². The number of hydrogen-bond acceptors (Lipinski definition) is 8. The number of imidazole rings is 2. The summed E-state index contributed by atoms with van der Waals surface area (Å²) in [7, 11) is 2.71. The lowest BCUT2D eigenvalue weighted by molar-refractivity contribution is -0.137. The fraction of sp³-hybridized carbons (Fsp3) is 0.475. The summed E-state index contributed by atoms with van der Waals surface area (Å²) in [6, 6.07) is 3.14. The number of hydrogen-bond donors (Lipinski definition) is 4. The lowest BCUT2D eigenvalue weighted by atomic mass is 9.88. The number of rotatable bonds is 11. The number of benzene rings is 1. The number of aryl methyl sites for hydroxylation is 1. The van der Waals surface area contributed by atoms with Gasteiger partial charge in [0.05, 0.1) is 48.9 Å². The quantitative estimate of drug-likeness (QED) is 0.192. The molecular weight excluding hydrogens is 691 g/mol. The number of aromatic amines is 2. The third-order valence-corrected chi connectivity index (χ3v) is 11.0. The van der Waals surface area contributed by atoms with Crippen molar-refractivity contribution in [2.75, 3.05) is 27.3 Å². The van der Waals surface area contributed by atoms with Crippen molar-refractivity contribution < 1.29 is 28.2 Å². The van der Waals surface area contributed by atoms with E-state index in [-0.39, 0.29) is 23.9 Å². The van der Waals surface area contributed by atoms with E-state index < -0.39 is 30.1 Å². The molecule has 288 valence electrons. The Kier molecular flexibility index (Phi) is 11.8. The van der Waals surface area contributed by atoms with Crippen LogP contribution in [0.15, 0.2) is 48.7 Å². The summed E-state index contributed by atoms with van der Waals surface area (Å²) in [5.41, 5.74) is 12.1. The number of H-pyrrole nitrogens is 2. The van der Waals surface area contributed by atoms with Crippen molar-refractivity contribution in [3.8, 4) is 11.3 Å². The number of fused-ring (bicyclic) bond motifs is 1. The van der Waals surface area contributed by atoms with E-state index in [0.29, 0.717) is 48.6 Å². The molecule has 1 aromatic carbocycles. The molecule has 2 saturated heterocycles. The standard InChI is InChI=1S/C40H51FN8O5/c1-7-24(19-25-14-16-30-34(22(25)3)46-37(44-30)33-12-10-17-48(33)38(50)29(42)8-2)26-13-15-27(28(41)20-26)31-21-43-36(45-31)32-11-9-18-49(32)39(51)35(23(4)53-5)47-40(52)54-6/h7,13,15,19-21,23,29,32-33,35H,3,8-12,14,16-18,42H2,1-2,4-6H3,(H,43,45)(H,44,46)(H,47,52)/b24-7+,25-19-/t23-,29-,32-,33-,35-/m0/s1. The Hall–Kier alpha value is -5.08. The van der Waals surface area contributed by atoms with E-state index >= 15 is 4.39 Å². The smallest absolute Gasteiger partial charge is 0.407 e. The number of nitrogens with one attached hydrogen (secondary N) is 3. The molecule has 5 atom stereocenters. The van der Waals surface area contributed by atoms with Gasteiger partial charge in [0, 0.05) is 31.5 Å². The number of allylic oxidation sites excluding steroid dienone is 5. The predicted octanol–water partition coefficient (Wildman–Crippen LogP) is 5.75. The highest BCUT2D eigenvalue weighted by atomic mass is 19.1. The molecule has 14 heteroatoms. The van der Waals surface area contributed by atoms with Crippen LogP contribution in [-0.2, 0) is 25.5 Å². The molecule has 5 N–H and O–H groups in total. The topological polar surface area (TPSA) is 172 Å². The van der Waals surface area contributed by atoms with Crippen molar-refractivity contribution in [1.29, 1.82) is 0 Å². The van der Waals surface area contributed by atoms with E-state index in [1.165, 1.54) is 20.3 Å². The molecule has 0 unspecified atom stereocenters. The van der Waals surface area contributed by atoms with E-state index in [2.05, 4.69) is 26.8 Å². The first-order chi connectivity index (χ1) is 26.0. The van der Waals surface area contributed by atoms with Gasteiger partial charge in [0.1, 0.15) is 23.5 Å². The van der Waals surface area contributed by atoms with Gasteiger partial charge in [-0.3, -0.25) is 9.59 Å². The first-order valence-electron chi connectivity index (χ1n) is 18.7. The van der Waals surface area contributed by atoms with Crippen LogP contribution in [0.2, 0.25) is 0 Å². The van der Waals surface area contributed by atoms with Crippen LogP contribution in [0.4, 0.5) is 9.18 Å². The molecule has 1 aliphatic carbocycles. The van der Waals surface area contributed by atoms with Crippen molar-refractivity contribution in [3.63, 3.8) is 0 Å². The molecule has 6 rings (SSSR count). The van der Waals surface area contributed by atoms with E-state index in [1.807, 2.05) is 37.0 Å². The van der Waals surface area contributed by atoms with Crippen molar-refractivity contribution in [1.82, 2.24) is 35.1 Å². The lowest BCUT2D eigenvalue weighted by Gasteiger charge is -2.30. The summed E-state index contributed by atoms with van der Waals surface area (Å²) < 4.78 is 26.0. The molecule has 3 amide bonds. The zero-order chi connectivity index (χ0) is 38.7. The normalized spacial score (nSPS) is 21.3. The molecule has 2 aliphatic heterocycles. The number of nitrogens with two attached hydrogens (primary N) is 1. The van der Waals surface area contributed by atoms with Crippen LogP contribution in [0.5, 0.6) is 0 Å². The monoisotopic (exact) mass is 742 g/mol. The van der Waals surface area contributed by atoms with Crippen LogP contribution < -0.4 is 11.1 Å². The Bertz CT molecular complexity index is 1970. The number of ether oxygens (including phenoxy) is 2. The predicted molar refractivity (Wildman–Crippen MR) is 203 cm³/mol. The fourth-order valence-corrected chi connectivity index (χ4v) is 7.71. The van der Waals surface area contributed by atoms with E-state index in [1.54, 1.807) is 24.1 Å². The van der Waals surface area contributed by atoms with Crippen LogP contribution >= 0.6 is 0 Å². The van der Waals surface area contributed by atoms with Gasteiger partial charge in [-0.05, 0) is 93.2 Å². The van der Waals surface area contributed by atoms with E-state index in [4.69, 9.17) is 20.2 Å². The van der Waals surface area contributed by atoms with Gasteiger partial charge in [-0.2, -0.15) is 0 Å². The maximum atomic E-state index is 15.9. The number of amides is 3. The number of aromatic nitrogens is 4. The third kappa shape index (κ3) is 7.62. The molecule has 0 saturated carbocycles. The third-order valence-electron chi connectivity index (χ3n) is 11.0. The molecule has 0 bridgehead atoms. The first-order valence-corrected chi connectivity index (χ1v) is 18.7. The maximum absolute atomic E-state index is 15.9. The molecule has 0 spiro atoms. The van der Waals surface area contributed by atoms with E-state index in [0.717, 1.165) is 66.0 Å². The van der Waals surface area contributed by atoms with Crippen molar-refractivity contribution >= 4 is 29.1 Å². The van der Waals surface area contributed by atoms with Gasteiger partial charge in [-0.15, -0.1) is 0 Å². The minimum Gasteiger partial charge on any atom is -0.453 e. The fourth-order valence-electron chi connectivity index (χ4n) is 7.71. The van der Waals surface area contributed by atoms with Gasteiger partial charge < -0.3 is 40.3 Å². The Morgan fingerprint density at radius 2 is 1.80 bits per heavy atom. The number of halogens is 1. The van der Waals surface area contributed by atoms with Gasteiger partial charge in [0.15, 0.2) is 0 Å². The van der Waals surface area contributed by atoms with Crippen LogP contribution in [-0.4, -0.2) is 93.1 Å². The summed E-state index contributed by atoms with van der Waals surface area (Å²) in [5.74, 6) is 0.537. The van der Waals surface area contributed by atoms with Crippen molar-refractivity contribution in [2.24, 2.45) is 5.73 Å². The molecule has 2 fully saturated rings. The summed E-state index contributed by atoms with van der Waals surface area (Å²) >= 11 is 0. The second kappa shape index (κ2) is 16.5. The largest absolute Gasteiger partial charge is 0.453 e. The minimum absolute atomic E-state index is 0.0392. The second-order valence-electron chi connectivity index (χ2n) is 14.2. The highest BCUT2D eigenvalue weighted by molar-refractivity contribution is 5.87. The lowest BCUT2D eigenvalue weighted by Crippen LogP contribution is -2.54. The molecule has 3 aromatic rings. The van der Waals surface area contributed by atoms with Gasteiger partial charge in [0.2, 0.25) is 11.8 Å². The van der Waals surface area contributed by atoms with Crippen molar-refractivity contribution in [2.45, 2.75) is 96.0 Å². The SMILES string of the molecule is C=C1/C(=C\C(=C/C)c2ccc(-c3cnc([C@@H]4CCCN4C(=O)[C@@H](NC(=O)OC)[C@H](C)OC)[nH]3)c(F)c2)CCc2[nH]c([C@@H]3CCCN3C(=O)[C@@H](N)CC)nc21. The molecule has 0 radical (unpaired) electrons. The molecule has 54 heavy (non-hydrogen) atoms. The number of likely N-dealkylation sites (tertiary alicyclic amines) is 2. The zero-order valence-electron chi connectivity index (χ0n) is 31.7. The summed E-state index contributed by atoms with van der Waals surface area (Å²) in [6.45, 7) is 11.1. The molecule has 3 aliphatic rings. The van der Waals surface area contributed by atoms with Crippen molar-refractivity contribution in [3.05, 3.63) is 83.1 Å². The molecular formula is C40H51FN8O5. The van der Waals surface area contributed by atoms with E-state index in [9.17, 15) is 14.4 Å². The first kappa shape index (κ1) is 38.6. The van der Waals surface area contributed by atoms with Crippen LogP contribution in [0.1, 0.15) is 100.0 Å². The Balaban J connectivity index is 1.17. The Morgan fingerprint density at radius 1 is 1.09 bits per heavy atom. The minimum atomic E-state index is -0.951. The zero-order valence-corrected chi connectivity index (χ0v) is 31.7. The highest BCUT2D eigenvalue weighted by Gasteiger charge is 2.39. The number of carbonyl (C=O) groups excluding carboxylic acids is 3.